The summed E-state index contributed by atoms with van der Waals surface area (Å²) in [6, 6.07) is 21.6. The van der Waals surface area contributed by atoms with E-state index in [9.17, 15) is 13.2 Å². The number of amides is 1. The second-order valence-corrected chi connectivity index (χ2v) is 9.75. The van der Waals surface area contributed by atoms with Crippen molar-refractivity contribution in [3.63, 3.8) is 0 Å². The standard InChI is InChI=1S/C24H27N3O4S/c28-24(23-12-11-21(31-23)19-32(29,30)22-9-5-2-6-10-22)25-13-14-26-15-17-27(18-16-26)20-7-3-1-4-8-20/h1-12H,13-19H2,(H,25,28). The van der Waals surface area contributed by atoms with Gasteiger partial charge >= 0.3 is 0 Å². The molecule has 7 nitrogen and oxygen atoms in total. The summed E-state index contributed by atoms with van der Waals surface area (Å²) in [5.41, 5.74) is 1.24. The number of anilines is 1. The van der Waals surface area contributed by atoms with Gasteiger partial charge in [-0.3, -0.25) is 9.69 Å². The highest BCUT2D eigenvalue weighted by molar-refractivity contribution is 7.90. The maximum absolute atomic E-state index is 12.5. The van der Waals surface area contributed by atoms with Gasteiger partial charge in [0.1, 0.15) is 11.5 Å². The lowest BCUT2D eigenvalue weighted by molar-refractivity contribution is 0.0918. The Bertz CT molecular complexity index is 1120. The lowest BCUT2D eigenvalue weighted by Crippen LogP contribution is -2.48. The average Bonchev–Trinajstić information content (AvgIpc) is 3.28. The third kappa shape index (κ3) is 5.57. The summed E-state index contributed by atoms with van der Waals surface area (Å²) in [5, 5.41) is 2.86. The molecule has 1 aliphatic rings. The molecule has 0 atom stereocenters. The summed E-state index contributed by atoms with van der Waals surface area (Å²) in [6.07, 6.45) is 0. The first-order valence-corrected chi connectivity index (χ1v) is 12.3. The Morgan fingerprint density at radius 3 is 2.22 bits per heavy atom. The first-order valence-electron chi connectivity index (χ1n) is 10.7. The van der Waals surface area contributed by atoms with E-state index in [-0.39, 0.29) is 28.1 Å². The number of para-hydroxylation sites is 1. The van der Waals surface area contributed by atoms with Gasteiger partial charge in [-0.25, -0.2) is 8.42 Å². The molecule has 3 aromatic rings. The number of sulfone groups is 1. The van der Waals surface area contributed by atoms with Crippen LogP contribution in [0.25, 0.3) is 0 Å². The van der Waals surface area contributed by atoms with Crippen LogP contribution >= 0.6 is 0 Å². The number of hydrogen-bond donors (Lipinski definition) is 1. The Labute approximate surface area is 188 Å². The van der Waals surface area contributed by atoms with E-state index in [0.717, 1.165) is 32.7 Å². The van der Waals surface area contributed by atoms with Gasteiger partial charge in [0.2, 0.25) is 0 Å². The molecular weight excluding hydrogens is 426 g/mol. The zero-order valence-corrected chi connectivity index (χ0v) is 18.6. The Hall–Kier alpha value is -3.10. The van der Waals surface area contributed by atoms with Gasteiger partial charge in [0.15, 0.2) is 15.6 Å². The fourth-order valence-electron chi connectivity index (χ4n) is 3.76. The molecule has 0 spiro atoms. The molecule has 32 heavy (non-hydrogen) atoms. The number of nitrogens with one attached hydrogen (secondary N) is 1. The average molecular weight is 454 g/mol. The second-order valence-electron chi connectivity index (χ2n) is 7.76. The lowest BCUT2D eigenvalue weighted by atomic mass is 10.2. The predicted molar refractivity (Wildman–Crippen MR) is 123 cm³/mol. The number of carbonyl (C=O) groups is 1. The van der Waals surface area contributed by atoms with Crippen molar-refractivity contribution in [3.05, 3.63) is 84.3 Å². The van der Waals surface area contributed by atoms with Crippen molar-refractivity contribution in [2.24, 2.45) is 0 Å². The molecule has 1 amide bonds. The van der Waals surface area contributed by atoms with Gasteiger partial charge in [-0.2, -0.15) is 0 Å². The fraction of sp³-hybridized carbons (Fsp3) is 0.292. The van der Waals surface area contributed by atoms with Gasteiger partial charge in [-0.05, 0) is 36.4 Å². The van der Waals surface area contributed by atoms with E-state index < -0.39 is 9.84 Å². The van der Waals surface area contributed by atoms with Gasteiger partial charge in [-0.15, -0.1) is 0 Å². The van der Waals surface area contributed by atoms with Crippen molar-refractivity contribution >= 4 is 21.4 Å². The molecule has 8 heteroatoms. The number of furan rings is 1. The van der Waals surface area contributed by atoms with Crippen LogP contribution in [-0.4, -0.2) is 58.5 Å². The van der Waals surface area contributed by atoms with Crippen molar-refractivity contribution < 1.29 is 17.6 Å². The maximum atomic E-state index is 12.5. The van der Waals surface area contributed by atoms with Gasteiger partial charge in [0.05, 0.1) is 4.90 Å². The molecule has 1 aliphatic heterocycles. The summed E-state index contributed by atoms with van der Waals surface area (Å²) >= 11 is 0. The molecule has 0 aliphatic carbocycles. The van der Waals surface area contributed by atoms with Crippen LogP contribution in [0.2, 0.25) is 0 Å². The molecule has 0 radical (unpaired) electrons. The molecule has 1 saturated heterocycles. The van der Waals surface area contributed by atoms with Crippen molar-refractivity contribution in [1.82, 2.24) is 10.2 Å². The highest BCUT2D eigenvalue weighted by atomic mass is 32.2. The second kappa shape index (κ2) is 10.0. The summed E-state index contributed by atoms with van der Waals surface area (Å²) in [7, 11) is -3.52. The highest BCUT2D eigenvalue weighted by Crippen LogP contribution is 2.18. The van der Waals surface area contributed by atoms with Crippen LogP contribution in [0.3, 0.4) is 0 Å². The van der Waals surface area contributed by atoms with Crippen LogP contribution in [0.15, 0.2) is 82.1 Å². The third-order valence-corrected chi connectivity index (χ3v) is 7.18. The maximum Gasteiger partial charge on any atom is 0.287 e. The van der Waals surface area contributed by atoms with Crippen LogP contribution in [-0.2, 0) is 15.6 Å². The lowest BCUT2D eigenvalue weighted by Gasteiger charge is -2.36. The quantitative estimate of drug-likeness (QED) is 0.565. The Kier molecular flexibility index (Phi) is 6.92. The summed E-state index contributed by atoms with van der Waals surface area (Å²) in [6.45, 7) is 5.04. The van der Waals surface area contributed by atoms with Crippen molar-refractivity contribution in [1.29, 1.82) is 0 Å². The number of nitrogens with zero attached hydrogens (tertiary/aromatic N) is 2. The van der Waals surface area contributed by atoms with E-state index in [1.165, 1.54) is 17.8 Å². The molecule has 2 heterocycles. The molecule has 1 N–H and O–H groups in total. The van der Waals surface area contributed by atoms with E-state index in [1.807, 2.05) is 18.2 Å². The molecule has 168 valence electrons. The normalized spacial score (nSPS) is 14.9. The minimum Gasteiger partial charge on any atom is -0.455 e. The van der Waals surface area contributed by atoms with E-state index in [2.05, 4.69) is 27.2 Å². The Morgan fingerprint density at radius 1 is 0.875 bits per heavy atom. The number of rotatable bonds is 8. The van der Waals surface area contributed by atoms with Gasteiger partial charge in [-0.1, -0.05) is 36.4 Å². The van der Waals surface area contributed by atoms with Crippen molar-refractivity contribution in [2.75, 3.05) is 44.2 Å². The van der Waals surface area contributed by atoms with Crippen LogP contribution < -0.4 is 10.2 Å². The largest absolute Gasteiger partial charge is 0.455 e. The van der Waals surface area contributed by atoms with E-state index >= 15 is 0 Å². The molecule has 0 unspecified atom stereocenters. The first kappa shape index (κ1) is 22.1. The zero-order valence-electron chi connectivity index (χ0n) is 17.8. The minimum absolute atomic E-state index is 0.122. The van der Waals surface area contributed by atoms with Crippen molar-refractivity contribution in [2.45, 2.75) is 10.6 Å². The molecule has 0 bridgehead atoms. The van der Waals surface area contributed by atoms with Crippen LogP contribution in [0.5, 0.6) is 0 Å². The number of carbonyl (C=O) groups excluding carboxylic acids is 1. The fourth-order valence-corrected chi connectivity index (χ4v) is 5.03. The van der Waals surface area contributed by atoms with Crippen LogP contribution in [0.1, 0.15) is 16.3 Å². The van der Waals surface area contributed by atoms with Gasteiger partial charge in [0.25, 0.3) is 5.91 Å². The molecule has 4 rings (SSSR count). The smallest absolute Gasteiger partial charge is 0.287 e. The highest BCUT2D eigenvalue weighted by Gasteiger charge is 2.20. The molecule has 1 aromatic heterocycles. The molecule has 0 saturated carbocycles. The van der Waals surface area contributed by atoms with E-state index in [0.29, 0.717) is 6.54 Å². The topological polar surface area (TPSA) is 82.9 Å². The Balaban J connectivity index is 1.22. The van der Waals surface area contributed by atoms with Gasteiger partial charge < -0.3 is 14.6 Å². The summed E-state index contributed by atoms with van der Waals surface area (Å²) < 4.78 is 30.4. The zero-order chi connectivity index (χ0) is 22.4. The third-order valence-electron chi connectivity index (χ3n) is 5.53. The Morgan fingerprint density at radius 2 is 1.53 bits per heavy atom. The summed E-state index contributed by atoms with van der Waals surface area (Å²) in [4.78, 5) is 17.3. The SMILES string of the molecule is O=C(NCCN1CCN(c2ccccc2)CC1)c1ccc(CS(=O)(=O)c2ccccc2)o1. The monoisotopic (exact) mass is 453 g/mol. The van der Waals surface area contributed by atoms with Crippen LogP contribution in [0.4, 0.5) is 5.69 Å². The number of benzene rings is 2. The van der Waals surface area contributed by atoms with Gasteiger partial charge in [0, 0.05) is 45.0 Å². The van der Waals surface area contributed by atoms with Crippen LogP contribution in [0, 0.1) is 0 Å². The van der Waals surface area contributed by atoms with E-state index in [1.54, 1.807) is 30.3 Å². The molecular formula is C24H27N3O4S. The minimum atomic E-state index is -3.52. The number of piperazine rings is 1. The first-order chi connectivity index (χ1) is 15.5. The predicted octanol–water partition coefficient (Wildman–Crippen LogP) is 2.81. The number of hydrogen-bond acceptors (Lipinski definition) is 6. The van der Waals surface area contributed by atoms with Crippen molar-refractivity contribution in [3.8, 4) is 0 Å². The molecule has 1 fully saturated rings. The summed E-state index contributed by atoms with van der Waals surface area (Å²) in [5.74, 6) is -0.250. The van der Waals surface area contributed by atoms with E-state index in [4.69, 9.17) is 4.42 Å². The molecule has 2 aromatic carbocycles.